The normalized spacial score (nSPS) is 16.9. The summed E-state index contributed by atoms with van der Waals surface area (Å²) in [5, 5.41) is 2.95. The van der Waals surface area contributed by atoms with Crippen LogP contribution in [-0.4, -0.2) is 43.0 Å². The average molecular weight is 213 g/mol. The maximum absolute atomic E-state index is 11.6. The molecule has 0 bridgehead atoms. The molecule has 15 heavy (non-hydrogen) atoms. The number of carbonyl (C=O) groups excluding carboxylic acids is 1. The Kier molecular flexibility index (Phi) is 4.11. The highest BCUT2D eigenvalue weighted by molar-refractivity contribution is 5.78. The molecule has 0 saturated heterocycles. The molecule has 4 heteroatoms. The Morgan fingerprint density at radius 1 is 1.53 bits per heavy atom. The fourth-order valence-electron chi connectivity index (χ4n) is 1.22. The van der Waals surface area contributed by atoms with Crippen LogP contribution in [0.25, 0.3) is 0 Å². The molecule has 0 aliphatic heterocycles. The van der Waals surface area contributed by atoms with Gasteiger partial charge in [-0.05, 0) is 39.7 Å². The molecule has 0 radical (unpaired) electrons. The Morgan fingerprint density at radius 2 is 2.13 bits per heavy atom. The van der Waals surface area contributed by atoms with Crippen molar-refractivity contribution in [3.05, 3.63) is 0 Å². The molecular weight excluding hydrogens is 190 g/mol. The van der Waals surface area contributed by atoms with Gasteiger partial charge in [0.25, 0.3) is 0 Å². The Balaban J connectivity index is 2.23. The van der Waals surface area contributed by atoms with Gasteiger partial charge in [0.1, 0.15) is 0 Å². The van der Waals surface area contributed by atoms with E-state index in [0.29, 0.717) is 13.1 Å². The molecule has 1 fully saturated rings. The van der Waals surface area contributed by atoms with E-state index in [2.05, 4.69) is 5.32 Å². The lowest BCUT2D eigenvalue weighted by molar-refractivity contribution is -0.123. The van der Waals surface area contributed by atoms with E-state index in [-0.39, 0.29) is 11.4 Å². The molecule has 0 aromatic rings. The maximum atomic E-state index is 11.6. The van der Waals surface area contributed by atoms with Gasteiger partial charge in [0, 0.05) is 18.6 Å². The molecule has 1 saturated carbocycles. The zero-order chi connectivity index (χ0) is 11.5. The van der Waals surface area contributed by atoms with Crippen molar-refractivity contribution in [2.24, 2.45) is 11.7 Å². The van der Waals surface area contributed by atoms with Crippen LogP contribution >= 0.6 is 0 Å². The zero-order valence-electron chi connectivity index (χ0n) is 10.0. The van der Waals surface area contributed by atoms with Gasteiger partial charge in [0.15, 0.2) is 0 Å². The largest absolute Gasteiger partial charge is 0.355 e. The van der Waals surface area contributed by atoms with Crippen molar-refractivity contribution in [3.63, 3.8) is 0 Å². The summed E-state index contributed by atoms with van der Waals surface area (Å²) >= 11 is 0. The SMILES string of the molecule is CN(CC(=O)NCC1CC1)C(C)(C)CN. The summed E-state index contributed by atoms with van der Waals surface area (Å²) < 4.78 is 0. The molecule has 1 rings (SSSR count). The number of nitrogens with one attached hydrogen (secondary N) is 1. The highest BCUT2D eigenvalue weighted by Gasteiger charge is 2.25. The summed E-state index contributed by atoms with van der Waals surface area (Å²) in [6.07, 6.45) is 2.54. The smallest absolute Gasteiger partial charge is 0.234 e. The molecule has 0 spiro atoms. The second kappa shape index (κ2) is 4.94. The first kappa shape index (κ1) is 12.5. The Labute approximate surface area is 92.2 Å². The van der Waals surface area contributed by atoms with Gasteiger partial charge < -0.3 is 11.1 Å². The minimum Gasteiger partial charge on any atom is -0.355 e. The van der Waals surface area contributed by atoms with Gasteiger partial charge in [-0.3, -0.25) is 9.69 Å². The minimum absolute atomic E-state index is 0.103. The van der Waals surface area contributed by atoms with Crippen LogP contribution in [0.5, 0.6) is 0 Å². The Hall–Kier alpha value is -0.610. The lowest BCUT2D eigenvalue weighted by Crippen LogP contribution is -2.50. The van der Waals surface area contributed by atoms with Gasteiger partial charge in [-0.25, -0.2) is 0 Å². The standard InChI is InChI=1S/C11H23N3O/c1-11(2,8-12)14(3)7-10(15)13-6-9-4-5-9/h9H,4-8,12H2,1-3H3,(H,13,15). The van der Waals surface area contributed by atoms with Crippen molar-refractivity contribution in [2.75, 3.05) is 26.7 Å². The number of carbonyl (C=O) groups is 1. The second-order valence-corrected chi connectivity index (χ2v) is 5.12. The molecule has 1 aliphatic rings. The van der Waals surface area contributed by atoms with Gasteiger partial charge in [-0.15, -0.1) is 0 Å². The van der Waals surface area contributed by atoms with E-state index >= 15 is 0 Å². The van der Waals surface area contributed by atoms with Crippen LogP contribution < -0.4 is 11.1 Å². The molecule has 3 N–H and O–H groups in total. The predicted octanol–water partition coefficient (Wildman–Crippen LogP) is 0.182. The third-order valence-corrected chi connectivity index (χ3v) is 3.20. The quantitative estimate of drug-likeness (QED) is 0.662. The van der Waals surface area contributed by atoms with Gasteiger partial charge in [-0.2, -0.15) is 0 Å². The molecule has 4 nitrogen and oxygen atoms in total. The van der Waals surface area contributed by atoms with Gasteiger partial charge >= 0.3 is 0 Å². The van der Waals surface area contributed by atoms with Crippen LogP contribution in [-0.2, 0) is 4.79 Å². The fraction of sp³-hybridized carbons (Fsp3) is 0.909. The van der Waals surface area contributed by atoms with E-state index in [1.807, 2.05) is 25.8 Å². The lowest BCUT2D eigenvalue weighted by Gasteiger charge is -2.33. The summed E-state index contributed by atoms with van der Waals surface area (Å²) in [4.78, 5) is 13.5. The first-order valence-electron chi connectivity index (χ1n) is 5.63. The number of likely N-dealkylation sites (N-methyl/N-ethyl adjacent to an activating group) is 1. The molecule has 0 aromatic carbocycles. The van der Waals surface area contributed by atoms with Crippen LogP contribution in [0, 0.1) is 5.92 Å². The van der Waals surface area contributed by atoms with Crippen LogP contribution in [0.15, 0.2) is 0 Å². The Bertz CT molecular complexity index is 224. The summed E-state index contributed by atoms with van der Waals surface area (Å²) in [5.74, 6) is 0.840. The van der Waals surface area contributed by atoms with Crippen molar-refractivity contribution in [1.82, 2.24) is 10.2 Å². The first-order chi connectivity index (χ1) is 6.95. The number of hydrogen-bond acceptors (Lipinski definition) is 3. The summed E-state index contributed by atoms with van der Waals surface area (Å²) in [5.41, 5.74) is 5.53. The number of rotatable bonds is 6. The number of hydrogen-bond donors (Lipinski definition) is 2. The zero-order valence-corrected chi connectivity index (χ0v) is 10.0. The van der Waals surface area contributed by atoms with Crippen molar-refractivity contribution >= 4 is 5.91 Å². The van der Waals surface area contributed by atoms with Crippen LogP contribution in [0.4, 0.5) is 0 Å². The van der Waals surface area contributed by atoms with E-state index < -0.39 is 0 Å². The van der Waals surface area contributed by atoms with Crippen molar-refractivity contribution < 1.29 is 4.79 Å². The summed E-state index contributed by atoms with van der Waals surface area (Å²) in [6, 6.07) is 0. The van der Waals surface area contributed by atoms with Gasteiger partial charge in [0.2, 0.25) is 5.91 Å². The average Bonchev–Trinajstić information content (AvgIpc) is 2.98. The highest BCUT2D eigenvalue weighted by Crippen LogP contribution is 2.27. The summed E-state index contributed by atoms with van der Waals surface area (Å²) in [6.45, 7) is 5.91. The fourth-order valence-corrected chi connectivity index (χ4v) is 1.22. The first-order valence-corrected chi connectivity index (χ1v) is 5.63. The third kappa shape index (κ3) is 4.18. The lowest BCUT2D eigenvalue weighted by atomic mass is 10.0. The van der Waals surface area contributed by atoms with E-state index in [4.69, 9.17) is 5.73 Å². The molecule has 1 aliphatic carbocycles. The second-order valence-electron chi connectivity index (χ2n) is 5.12. The molecular formula is C11H23N3O. The van der Waals surface area contributed by atoms with Crippen LogP contribution in [0.1, 0.15) is 26.7 Å². The highest BCUT2D eigenvalue weighted by atomic mass is 16.2. The molecule has 0 heterocycles. The monoisotopic (exact) mass is 213 g/mol. The summed E-state index contributed by atoms with van der Waals surface area (Å²) in [7, 11) is 1.93. The van der Waals surface area contributed by atoms with Crippen molar-refractivity contribution in [2.45, 2.75) is 32.2 Å². The van der Waals surface area contributed by atoms with E-state index in [1.54, 1.807) is 0 Å². The maximum Gasteiger partial charge on any atom is 0.234 e. The number of amides is 1. The number of nitrogens with two attached hydrogens (primary N) is 1. The predicted molar refractivity (Wildman–Crippen MR) is 61.5 cm³/mol. The van der Waals surface area contributed by atoms with Crippen LogP contribution in [0.3, 0.4) is 0 Å². The Morgan fingerprint density at radius 3 is 2.60 bits per heavy atom. The van der Waals surface area contributed by atoms with E-state index in [0.717, 1.165) is 12.5 Å². The molecule has 88 valence electrons. The minimum atomic E-state index is -0.114. The van der Waals surface area contributed by atoms with Crippen molar-refractivity contribution in [1.29, 1.82) is 0 Å². The number of nitrogens with zero attached hydrogens (tertiary/aromatic N) is 1. The third-order valence-electron chi connectivity index (χ3n) is 3.20. The van der Waals surface area contributed by atoms with Gasteiger partial charge in [0.05, 0.1) is 6.54 Å². The van der Waals surface area contributed by atoms with E-state index in [1.165, 1.54) is 12.8 Å². The molecule has 0 aromatic heterocycles. The van der Waals surface area contributed by atoms with E-state index in [9.17, 15) is 4.79 Å². The molecule has 1 amide bonds. The topological polar surface area (TPSA) is 58.4 Å². The molecule has 0 unspecified atom stereocenters. The molecule has 0 atom stereocenters. The van der Waals surface area contributed by atoms with Crippen molar-refractivity contribution in [3.8, 4) is 0 Å². The van der Waals surface area contributed by atoms with Crippen LogP contribution in [0.2, 0.25) is 0 Å². The van der Waals surface area contributed by atoms with Gasteiger partial charge in [-0.1, -0.05) is 0 Å².